The fourth-order valence-electron chi connectivity index (χ4n) is 2.95. The molecular formula is C16H14IN5O4. The standard InChI is InChI=1S/C16H14IN5O4/c17-10-3-1-2-4-11(10)18-12-9-13(21-5-7-25-8-6-21)14-15(20-26-19-14)16(12)22(23)24/h1-4,9,18H,5-8H2. The Morgan fingerprint density at radius 1 is 1.15 bits per heavy atom. The van der Waals surface area contributed by atoms with Crippen LogP contribution in [0, 0.1) is 13.7 Å². The van der Waals surface area contributed by atoms with Crippen molar-refractivity contribution in [3.05, 3.63) is 44.0 Å². The zero-order valence-electron chi connectivity index (χ0n) is 13.5. The molecule has 1 N–H and O–H groups in total. The van der Waals surface area contributed by atoms with Crippen molar-refractivity contribution >= 4 is 56.4 Å². The van der Waals surface area contributed by atoms with Gasteiger partial charge in [0, 0.05) is 16.7 Å². The third kappa shape index (κ3) is 3.05. The summed E-state index contributed by atoms with van der Waals surface area (Å²) in [5.74, 6) is 0. The molecule has 9 nitrogen and oxygen atoms in total. The third-order valence-electron chi connectivity index (χ3n) is 4.17. The number of fused-ring (bicyclic) bond motifs is 1. The summed E-state index contributed by atoms with van der Waals surface area (Å²) in [6, 6.07) is 9.30. The Balaban J connectivity index is 1.88. The van der Waals surface area contributed by atoms with Crippen molar-refractivity contribution < 1.29 is 14.3 Å². The van der Waals surface area contributed by atoms with Gasteiger partial charge < -0.3 is 15.0 Å². The van der Waals surface area contributed by atoms with Gasteiger partial charge in [0.25, 0.3) is 0 Å². The molecule has 0 unspecified atom stereocenters. The van der Waals surface area contributed by atoms with Crippen LogP contribution in [-0.2, 0) is 4.74 Å². The van der Waals surface area contributed by atoms with Gasteiger partial charge in [0.15, 0.2) is 5.52 Å². The first-order valence-corrected chi connectivity index (χ1v) is 9.01. The number of para-hydroxylation sites is 1. The first kappa shape index (κ1) is 17.0. The number of aromatic nitrogens is 2. The Hall–Kier alpha value is -2.47. The first-order chi connectivity index (χ1) is 12.6. The number of nitro groups is 1. The minimum Gasteiger partial charge on any atom is -0.378 e. The second-order valence-corrected chi connectivity index (χ2v) is 6.88. The molecule has 4 rings (SSSR count). The molecular weight excluding hydrogens is 453 g/mol. The summed E-state index contributed by atoms with van der Waals surface area (Å²) in [6.07, 6.45) is 0. The van der Waals surface area contributed by atoms with Crippen molar-refractivity contribution in [1.82, 2.24) is 10.3 Å². The molecule has 0 radical (unpaired) electrons. The number of hydrogen-bond acceptors (Lipinski definition) is 8. The van der Waals surface area contributed by atoms with Gasteiger partial charge in [-0.3, -0.25) is 10.1 Å². The number of nitrogens with zero attached hydrogens (tertiary/aromatic N) is 4. The van der Waals surface area contributed by atoms with Crippen molar-refractivity contribution in [1.29, 1.82) is 0 Å². The van der Waals surface area contributed by atoms with E-state index >= 15 is 0 Å². The number of halogens is 1. The highest BCUT2D eigenvalue weighted by molar-refractivity contribution is 14.1. The van der Waals surface area contributed by atoms with Crippen LogP contribution in [-0.4, -0.2) is 41.5 Å². The highest BCUT2D eigenvalue weighted by Gasteiger charge is 2.28. The predicted octanol–water partition coefficient (Wildman–Crippen LogP) is 3.32. The van der Waals surface area contributed by atoms with Gasteiger partial charge in [0.2, 0.25) is 5.52 Å². The lowest BCUT2D eigenvalue weighted by Crippen LogP contribution is -2.36. The molecule has 0 bridgehead atoms. The van der Waals surface area contributed by atoms with E-state index in [9.17, 15) is 10.1 Å². The SMILES string of the molecule is O=[N+]([O-])c1c(Nc2ccccc2I)cc(N2CCOCC2)c2nonc12. The van der Waals surface area contributed by atoms with E-state index in [-0.39, 0.29) is 11.2 Å². The van der Waals surface area contributed by atoms with Crippen LogP contribution in [0.2, 0.25) is 0 Å². The van der Waals surface area contributed by atoms with Crippen LogP contribution in [0.5, 0.6) is 0 Å². The van der Waals surface area contributed by atoms with E-state index in [1.165, 1.54) is 0 Å². The summed E-state index contributed by atoms with van der Waals surface area (Å²) in [4.78, 5) is 13.3. The fourth-order valence-corrected chi connectivity index (χ4v) is 3.47. The Bertz CT molecular complexity index is 970. The van der Waals surface area contributed by atoms with Crippen LogP contribution in [0.25, 0.3) is 11.0 Å². The van der Waals surface area contributed by atoms with Crippen LogP contribution in [0.1, 0.15) is 0 Å². The first-order valence-electron chi connectivity index (χ1n) is 7.93. The minimum atomic E-state index is -0.465. The molecule has 1 aliphatic heterocycles. The lowest BCUT2D eigenvalue weighted by molar-refractivity contribution is -0.382. The van der Waals surface area contributed by atoms with Crippen LogP contribution >= 0.6 is 22.6 Å². The van der Waals surface area contributed by atoms with E-state index in [0.29, 0.717) is 37.5 Å². The summed E-state index contributed by atoms with van der Waals surface area (Å²) in [5, 5.41) is 22.6. The lowest BCUT2D eigenvalue weighted by atomic mass is 10.1. The molecule has 2 heterocycles. The van der Waals surface area contributed by atoms with E-state index in [1.807, 2.05) is 24.3 Å². The molecule has 1 fully saturated rings. The summed E-state index contributed by atoms with van der Waals surface area (Å²) in [6.45, 7) is 2.51. The quantitative estimate of drug-likeness (QED) is 0.354. The third-order valence-corrected chi connectivity index (χ3v) is 5.11. The van der Waals surface area contributed by atoms with Gasteiger partial charge >= 0.3 is 5.69 Å². The molecule has 10 heteroatoms. The summed E-state index contributed by atoms with van der Waals surface area (Å²) < 4.78 is 11.2. The van der Waals surface area contributed by atoms with Crippen LogP contribution in [0.15, 0.2) is 35.0 Å². The molecule has 0 amide bonds. The maximum absolute atomic E-state index is 11.7. The number of hydrogen-bond donors (Lipinski definition) is 1. The molecule has 1 aliphatic rings. The van der Waals surface area contributed by atoms with Gasteiger partial charge in [-0.25, -0.2) is 4.63 Å². The molecule has 0 aliphatic carbocycles. The Morgan fingerprint density at radius 3 is 2.62 bits per heavy atom. The Morgan fingerprint density at radius 2 is 1.88 bits per heavy atom. The van der Waals surface area contributed by atoms with Gasteiger partial charge in [0.1, 0.15) is 5.69 Å². The molecule has 2 aromatic carbocycles. The average molecular weight is 467 g/mol. The Kier molecular flexibility index (Phi) is 4.59. The molecule has 0 spiro atoms. The van der Waals surface area contributed by atoms with E-state index in [2.05, 4.69) is 43.1 Å². The smallest absolute Gasteiger partial charge is 0.324 e. The summed E-state index contributed by atoms with van der Waals surface area (Å²) in [7, 11) is 0. The lowest BCUT2D eigenvalue weighted by Gasteiger charge is -2.29. The second-order valence-electron chi connectivity index (χ2n) is 5.71. The Labute approximate surface area is 161 Å². The number of nitro benzene ring substituents is 1. The summed E-state index contributed by atoms with van der Waals surface area (Å²) >= 11 is 2.18. The summed E-state index contributed by atoms with van der Waals surface area (Å²) in [5.41, 5.74) is 2.23. The van der Waals surface area contributed by atoms with E-state index in [0.717, 1.165) is 14.9 Å². The van der Waals surface area contributed by atoms with Crippen molar-refractivity contribution in [2.75, 3.05) is 36.5 Å². The van der Waals surface area contributed by atoms with E-state index < -0.39 is 4.92 Å². The average Bonchev–Trinajstić information content (AvgIpc) is 3.12. The van der Waals surface area contributed by atoms with E-state index in [4.69, 9.17) is 9.37 Å². The van der Waals surface area contributed by atoms with Crippen molar-refractivity contribution in [2.45, 2.75) is 0 Å². The topological polar surface area (TPSA) is 107 Å². The maximum atomic E-state index is 11.7. The second kappa shape index (κ2) is 7.03. The normalized spacial score (nSPS) is 14.6. The fraction of sp³-hybridized carbons (Fsp3) is 0.250. The number of nitrogens with one attached hydrogen (secondary N) is 1. The van der Waals surface area contributed by atoms with Gasteiger partial charge in [-0.1, -0.05) is 12.1 Å². The van der Waals surface area contributed by atoms with Gasteiger partial charge in [-0.05, 0) is 51.1 Å². The van der Waals surface area contributed by atoms with Gasteiger partial charge in [-0.2, -0.15) is 0 Å². The van der Waals surface area contributed by atoms with Crippen molar-refractivity contribution in [3.8, 4) is 0 Å². The van der Waals surface area contributed by atoms with Gasteiger partial charge in [0.05, 0.1) is 29.5 Å². The zero-order valence-corrected chi connectivity index (χ0v) is 15.7. The molecule has 26 heavy (non-hydrogen) atoms. The minimum absolute atomic E-state index is 0.132. The number of rotatable bonds is 4. The van der Waals surface area contributed by atoms with Crippen LogP contribution in [0.3, 0.4) is 0 Å². The largest absolute Gasteiger partial charge is 0.378 e. The highest BCUT2D eigenvalue weighted by atomic mass is 127. The number of ether oxygens (including phenoxy) is 1. The molecule has 3 aromatic rings. The van der Waals surface area contributed by atoms with Crippen molar-refractivity contribution in [3.63, 3.8) is 0 Å². The maximum Gasteiger partial charge on any atom is 0.324 e. The number of anilines is 3. The molecule has 134 valence electrons. The van der Waals surface area contributed by atoms with E-state index in [1.54, 1.807) is 6.07 Å². The number of morpholine rings is 1. The van der Waals surface area contributed by atoms with Crippen LogP contribution < -0.4 is 10.2 Å². The molecule has 0 saturated carbocycles. The predicted molar refractivity (Wildman–Crippen MR) is 104 cm³/mol. The van der Waals surface area contributed by atoms with Gasteiger partial charge in [-0.15, -0.1) is 0 Å². The zero-order chi connectivity index (χ0) is 18.1. The molecule has 0 atom stereocenters. The monoisotopic (exact) mass is 467 g/mol. The molecule has 1 aromatic heterocycles. The molecule has 1 saturated heterocycles. The van der Waals surface area contributed by atoms with Crippen LogP contribution in [0.4, 0.5) is 22.7 Å². The highest BCUT2D eigenvalue weighted by Crippen LogP contribution is 2.40. The number of benzene rings is 2. The van der Waals surface area contributed by atoms with Crippen molar-refractivity contribution in [2.24, 2.45) is 0 Å².